The van der Waals surface area contributed by atoms with Gasteiger partial charge >= 0.3 is 0 Å². The summed E-state index contributed by atoms with van der Waals surface area (Å²) in [5, 5.41) is 14.3. The van der Waals surface area contributed by atoms with Crippen LogP contribution in [0.3, 0.4) is 0 Å². The maximum atomic E-state index is 13.4. The van der Waals surface area contributed by atoms with Gasteiger partial charge < -0.3 is 10.1 Å². The van der Waals surface area contributed by atoms with Crippen LogP contribution in [0.15, 0.2) is 29.4 Å². The van der Waals surface area contributed by atoms with Crippen LogP contribution in [0, 0.1) is 5.82 Å². The van der Waals surface area contributed by atoms with Crippen LogP contribution in [-0.2, 0) is 9.53 Å². The Kier molecular flexibility index (Phi) is 5.41. The van der Waals surface area contributed by atoms with Crippen LogP contribution in [0.25, 0.3) is 5.69 Å². The number of hydrogen-bond donors (Lipinski definition) is 1. The van der Waals surface area contributed by atoms with E-state index in [1.807, 2.05) is 0 Å². The molecule has 1 saturated heterocycles. The molecular weight excluding hydrogens is 333 g/mol. The number of rotatable bonds is 6. The average molecular weight is 351 g/mol. The molecule has 3 rings (SSSR count). The summed E-state index contributed by atoms with van der Waals surface area (Å²) in [6, 6.07) is 5.97. The summed E-state index contributed by atoms with van der Waals surface area (Å²) in [4.78, 5) is 12.2. The molecule has 1 N–H and O–H groups in total. The minimum Gasteiger partial charge on any atom is -0.376 e. The molecule has 1 aromatic heterocycles. The molecule has 24 heavy (non-hydrogen) atoms. The van der Waals surface area contributed by atoms with E-state index in [-0.39, 0.29) is 23.1 Å². The van der Waals surface area contributed by atoms with Crippen molar-refractivity contribution < 1.29 is 13.9 Å². The van der Waals surface area contributed by atoms with E-state index < -0.39 is 0 Å². The fraction of sp³-hybridized carbons (Fsp3) is 0.467. The molecule has 1 aromatic carbocycles. The van der Waals surface area contributed by atoms with Crippen LogP contribution in [0.1, 0.15) is 19.8 Å². The number of aromatic nitrogens is 4. The van der Waals surface area contributed by atoms with Gasteiger partial charge in [0, 0.05) is 13.2 Å². The quantitative estimate of drug-likeness (QED) is 0.796. The van der Waals surface area contributed by atoms with E-state index in [4.69, 9.17) is 4.74 Å². The van der Waals surface area contributed by atoms with Gasteiger partial charge in [-0.1, -0.05) is 17.8 Å². The fourth-order valence-electron chi connectivity index (χ4n) is 2.40. The van der Waals surface area contributed by atoms with E-state index in [1.54, 1.807) is 19.1 Å². The Morgan fingerprint density at radius 1 is 1.58 bits per heavy atom. The van der Waals surface area contributed by atoms with Crippen LogP contribution in [0.4, 0.5) is 4.39 Å². The summed E-state index contributed by atoms with van der Waals surface area (Å²) in [5.41, 5.74) is 0.509. The zero-order valence-electron chi connectivity index (χ0n) is 13.2. The molecule has 7 nitrogen and oxygen atoms in total. The smallest absolute Gasteiger partial charge is 0.233 e. The minimum atomic E-state index is -0.385. The van der Waals surface area contributed by atoms with Gasteiger partial charge in [-0.3, -0.25) is 4.79 Å². The van der Waals surface area contributed by atoms with Gasteiger partial charge in [0.25, 0.3) is 0 Å². The molecule has 1 aliphatic rings. The maximum absolute atomic E-state index is 13.4. The standard InChI is InChI=1S/C15H18FN5O2S/c1-10(14(22)17-9-13-6-3-7-23-13)24-15-18-19-20-21(15)12-5-2-4-11(16)8-12/h2,4-5,8,10,13H,3,6-7,9H2,1H3,(H,17,22)/t10-,13-/m0/s1. The molecule has 0 spiro atoms. The molecule has 9 heteroatoms. The predicted octanol–water partition coefficient (Wildman–Crippen LogP) is 1.58. The number of amides is 1. The number of halogens is 1. The number of hydrogen-bond acceptors (Lipinski definition) is 6. The zero-order chi connectivity index (χ0) is 16.9. The molecule has 1 aliphatic heterocycles. The highest BCUT2D eigenvalue weighted by molar-refractivity contribution is 8.00. The summed E-state index contributed by atoms with van der Waals surface area (Å²) in [6.45, 7) is 3.05. The number of carbonyl (C=O) groups is 1. The maximum Gasteiger partial charge on any atom is 0.233 e. The Bertz CT molecular complexity index is 705. The van der Waals surface area contributed by atoms with Crippen molar-refractivity contribution in [3.05, 3.63) is 30.1 Å². The van der Waals surface area contributed by atoms with Crippen molar-refractivity contribution in [3.63, 3.8) is 0 Å². The normalized spacial score (nSPS) is 18.5. The molecule has 128 valence electrons. The van der Waals surface area contributed by atoms with E-state index in [9.17, 15) is 9.18 Å². The Morgan fingerprint density at radius 3 is 3.21 bits per heavy atom. The molecule has 1 amide bonds. The lowest BCUT2D eigenvalue weighted by atomic mass is 10.2. The monoisotopic (exact) mass is 351 g/mol. The van der Waals surface area contributed by atoms with E-state index in [0.29, 0.717) is 17.4 Å². The van der Waals surface area contributed by atoms with Crippen molar-refractivity contribution in [3.8, 4) is 5.69 Å². The van der Waals surface area contributed by atoms with Gasteiger partial charge in [-0.2, -0.15) is 4.68 Å². The van der Waals surface area contributed by atoms with Gasteiger partial charge in [0.15, 0.2) is 0 Å². The highest BCUT2D eigenvalue weighted by Crippen LogP contribution is 2.23. The van der Waals surface area contributed by atoms with Gasteiger partial charge in [-0.05, 0) is 48.4 Å². The van der Waals surface area contributed by atoms with Crippen molar-refractivity contribution in [2.24, 2.45) is 0 Å². The Morgan fingerprint density at radius 2 is 2.46 bits per heavy atom. The van der Waals surface area contributed by atoms with Crippen molar-refractivity contribution in [1.29, 1.82) is 0 Å². The lowest BCUT2D eigenvalue weighted by Crippen LogP contribution is -2.36. The molecule has 2 atom stereocenters. The number of nitrogens with one attached hydrogen (secondary N) is 1. The van der Waals surface area contributed by atoms with Crippen molar-refractivity contribution in [2.75, 3.05) is 13.2 Å². The predicted molar refractivity (Wildman–Crippen MR) is 86.4 cm³/mol. The van der Waals surface area contributed by atoms with Crippen LogP contribution < -0.4 is 5.32 Å². The average Bonchev–Trinajstić information content (AvgIpc) is 3.24. The van der Waals surface area contributed by atoms with E-state index >= 15 is 0 Å². The first kappa shape index (κ1) is 16.8. The first-order chi connectivity index (χ1) is 11.6. The fourth-order valence-corrected chi connectivity index (χ4v) is 3.23. The molecule has 0 saturated carbocycles. The first-order valence-electron chi connectivity index (χ1n) is 7.74. The number of carbonyl (C=O) groups excluding carboxylic acids is 1. The van der Waals surface area contributed by atoms with Crippen molar-refractivity contribution >= 4 is 17.7 Å². The second kappa shape index (κ2) is 7.71. The summed E-state index contributed by atoms with van der Waals surface area (Å²) < 4.78 is 20.3. The third-order valence-electron chi connectivity index (χ3n) is 3.67. The van der Waals surface area contributed by atoms with E-state index in [1.165, 1.54) is 28.6 Å². The van der Waals surface area contributed by atoms with Gasteiger partial charge in [0.2, 0.25) is 11.1 Å². The van der Waals surface area contributed by atoms with Crippen LogP contribution >= 0.6 is 11.8 Å². The second-order valence-corrected chi connectivity index (χ2v) is 6.80. The molecule has 0 unspecified atom stereocenters. The van der Waals surface area contributed by atoms with Crippen LogP contribution in [0.5, 0.6) is 0 Å². The van der Waals surface area contributed by atoms with Gasteiger partial charge in [0.05, 0.1) is 17.0 Å². The van der Waals surface area contributed by atoms with Gasteiger partial charge in [-0.15, -0.1) is 5.10 Å². The number of benzene rings is 1. The largest absolute Gasteiger partial charge is 0.376 e. The SMILES string of the molecule is C[C@H](Sc1nnnn1-c1cccc(F)c1)C(=O)NC[C@@H]1CCCO1. The number of tetrazole rings is 1. The highest BCUT2D eigenvalue weighted by Gasteiger charge is 2.21. The Labute approximate surface area is 142 Å². The van der Waals surface area contributed by atoms with E-state index in [2.05, 4.69) is 20.8 Å². The van der Waals surface area contributed by atoms with Crippen LogP contribution in [0.2, 0.25) is 0 Å². The molecule has 0 radical (unpaired) electrons. The van der Waals surface area contributed by atoms with Crippen LogP contribution in [-0.4, -0.2) is 50.6 Å². The van der Waals surface area contributed by atoms with Gasteiger partial charge in [-0.25, -0.2) is 4.39 Å². The molecule has 2 heterocycles. The Balaban J connectivity index is 1.61. The minimum absolute atomic E-state index is 0.101. The molecule has 1 fully saturated rings. The summed E-state index contributed by atoms with van der Waals surface area (Å²) >= 11 is 1.22. The highest BCUT2D eigenvalue weighted by atomic mass is 32.2. The Hall–Kier alpha value is -2.00. The number of nitrogens with zero attached hydrogens (tertiary/aromatic N) is 4. The summed E-state index contributed by atoms with van der Waals surface area (Å²) in [6.07, 6.45) is 2.11. The lowest BCUT2D eigenvalue weighted by Gasteiger charge is -2.14. The number of ether oxygens (including phenoxy) is 1. The lowest BCUT2D eigenvalue weighted by molar-refractivity contribution is -0.120. The summed E-state index contributed by atoms with van der Waals surface area (Å²) in [5.74, 6) is -0.481. The third-order valence-corrected chi connectivity index (χ3v) is 4.71. The molecule has 2 aromatic rings. The second-order valence-electron chi connectivity index (χ2n) is 5.49. The van der Waals surface area contributed by atoms with Gasteiger partial charge in [0.1, 0.15) is 5.82 Å². The van der Waals surface area contributed by atoms with E-state index in [0.717, 1.165) is 19.4 Å². The molecule has 0 bridgehead atoms. The number of thioether (sulfide) groups is 1. The molecular formula is C15H18FN5O2S. The topological polar surface area (TPSA) is 81.9 Å². The van der Waals surface area contributed by atoms with Crippen molar-refractivity contribution in [1.82, 2.24) is 25.5 Å². The third kappa shape index (κ3) is 4.09. The summed E-state index contributed by atoms with van der Waals surface area (Å²) in [7, 11) is 0. The molecule has 0 aliphatic carbocycles. The first-order valence-corrected chi connectivity index (χ1v) is 8.62. The zero-order valence-corrected chi connectivity index (χ0v) is 14.0. The van der Waals surface area contributed by atoms with Crippen molar-refractivity contribution in [2.45, 2.75) is 36.3 Å².